The van der Waals surface area contributed by atoms with E-state index in [1.165, 1.54) is 17.7 Å². The number of anilines is 2. The Morgan fingerprint density at radius 1 is 1.17 bits per heavy atom. The van der Waals surface area contributed by atoms with Crippen molar-refractivity contribution in [3.63, 3.8) is 0 Å². The molecule has 0 unspecified atom stereocenters. The first-order chi connectivity index (χ1) is 14.5. The first-order valence-corrected chi connectivity index (χ1v) is 10.4. The van der Waals surface area contributed by atoms with Crippen molar-refractivity contribution in [3.8, 4) is 0 Å². The fourth-order valence-electron chi connectivity index (χ4n) is 3.59. The molecule has 1 fully saturated rings. The summed E-state index contributed by atoms with van der Waals surface area (Å²) in [6.45, 7) is 6.70. The van der Waals surface area contributed by atoms with Crippen LogP contribution >= 0.6 is 0 Å². The molecule has 0 aliphatic carbocycles. The summed E-state index contributed by atoms with van der Waals surface area (Å²) in [5, 5.41) is 2.79. The fraction of sp³-hybridized carbons (Fsp3) is 0.435. The molecule has 30 heavy (non-hydrogen) atoms. The highest BCUT2D eigenvalue weighted by molar-refractivity contribution is 6.09. The van der Waals surface area contributed by atoms with Gasteiger partial charge in [0.1, 0.15) is 12.4 Å². The van der Waals surface area contributed by atoms with Crippen molar-refractivity contribution in [2.75, 3.05) is 49.7 Å². The van der Waals surface area contributed by atoms with E-state index in [-0.39, 0.29) is 18.4 Å². The lowest BCUT2D eigenvalue weighted by molar-refractivity contribution is -0.119. The molecule has 1 aliphatic heterocycles. The minimum atomic E-state index is -0.244. The number of hydrogen-bond donors (Lipinski definition) is 1. The van der Waals surface area contributed by atoms with Gasteiger partial charge in [0.15, 0.2) is 0 Å². The average molecular weight is 411 g/mol. The standard InChI is InChI=1S/C23H30N4O3/c1-17-7-6-8-20(18(17)2)27(16-22(28)24-11-14-30-3)23(29)19-9-10-21(25-15-19)26-12-4-5-13-26/h6-10,15H,4-5,11-14,16H2,1-3H3,(H,24,28). The molecule has 0 saturated carbocycles. The minimum absolute atomic E-state index is 0.0687. The van der Waals surface area contributed by atoms with E-state index >= 15 is 0 Å². The summed E-state index contributed by atoms with van der Waals surface area (Å²) >= 11 is 0. The average Bonchev–Trinajstić information content (AvgIpc) is 3.29. The molecule has 1 aromatic carbocycles. The predicted octanol–water partition coefficient (Wildman–Crippen LogP) is 2.71. The molecule has 1 aliphatic rings. The van der Waals surface area contributed by atoms with E-state index in [2.05, 4.69) is 15.2 Å². The number of ether oxygens (including phenoxy) is 1. The largest absolute Gasteiger partial charge is 0.383 e. The summed E-state index contributed by atoms with van der Waals surface area (Å²) in [7, 11) is 1.58. The summed E-state index contributed by atoms with van der Waals surface area (Å²) in [4.78, 5) is 34.1. The number of rotatable bonds is 8. The molecular weight excluding hydrogens is 380 g/mol. The van der Waals surface area contributed by atoms with Crippen molar-refractivity contribution < 1.29 is 14.3 Å². The van der Waals surface area contributed by atoms with Crippen LogP contribution < -0.4 is 15.1 Å². The van der Waals surface area contributed by atoms with Crippen molar-refractivity contribution in [2.24, 2.45) is 0 Å². The molecule has 2 heterocycles. The van der Waals surface area contributed by atoms with Crippen molar-refractivity contribution in [2.45, 2.75) is 26.7 Å². The van der Waals surface area contributed by atoms with Gasteiger partial charge in [0.05, 0.1) is 12.2 Å². The summed E-state index contributed by atoms with van der Waals surface area (Å²) < 4.78 is 4.98. The minimum Gasteiger partial charge on any atom is -0.383 e. The number of nitrogens with zero attached hydrogens (tertiary/aromatic N) is 3. The van der Waals surface area contributed by atoms with Gasteiger partial charge in [-0.05, 0) is 56.0 Å². The Bertz CT molecular complexity index is 877. The van der Waals surface area contributed by atoms with Crippen LogP contribution in [0.4, 0.5) is 11.5 Å². The molecule has 160 valence electrons. The molecule has 0 radical (unpaired) electrons. The topological polar surface area (TPSA) is 74.8 Å². The maximum atomic E-state index is 13.4. The predicted molar refractivity (Wildman–Crippen MR) is 118 cm³/mol. The van der Waals surface area contributed by atoms with Crippen molar-refractivity contribution >= 4 is 23.3 Å². The van der Waals surface area contributed by atoms with Crippen LogP contribution in [-0.2, 0) is 9.53 Å². The van der Waals surface area contributed by atoms with E-state index in [1.54, 1.807) is 19.4 Å². The van der Waals surface area contributed by atoms with Crippen LogP contribution in [0.25, 0.3) is 0 Å². The molecule has 3 rings (SSSR count). The van der Waals surface area contributed by atoms with Crippen molar-refractivity contribution in [1.29, 1.82) is 0 Å². The Kier molecular flexibility index (Phi) is 7.41. The lowest BCUT2D eigenvalue weighted by Gasteiger charge is -2.25. The van der Waals surface area contributed by atoms with Crippen LogP contribution in [0.15, 0.2) is 36.5 Å². The van der Waals surface area contributed by atoms with E-state index in [0.29, 0.717) is 18.7 Å². The Morgan fingerprint density at radius 2 is 1.93 bits per heavy atom. The molecule has 1 saturated heterocycles. The zero-order valence-electron chi connectivity index (χ0n) is 18.0. The number of hydrogen-bond acceptors (Lipinski definition) is 5. The van der Waals surface area contributed by atoms with E-state index in [0.717, 1.165) is 35.7 Å². The highest BCUT2D eigenvalue weighted by Gasteiger charge is 2.23. The summed E-state index contributed by atoms with van der Waals surface area (Å²) in [6, 6.07) is 9.44. The molecule has 2 amide bonds. The number of carbonyl (C=O) groups is 2. The number of pyridine rings is 1. The number of carbonyl (C=O) groups excluding carboxylic acids is 2. The lowest BCUT2D eigenvalue weighted by atomic mass is 10.1. The molecule has 0 bridgehead atoms. The smallest absolute Gasteiger partial charge is 0.260 e. The maximum Gasteiger partial charge on any atom is 0.260 e. The van der Waals surface area contributed by atoms with E-state index in [4.69, 9.17) is 4.74 Å². The Balaban J connectivity index is 1.83. The highest BCUT2D eigenvalue weighted by atomic mass is 16.5. The molecule has 2 aromatic rings. The van der Waals surface area contributed by atoms with Crippen LogP contribution in [0.5, 0.6) is 0 Å². The molecule has 1 aromatic heterocycles. The quantitative estimate of drug-likeness (QED) is 0.678. The van der Waals surface area contributed by atoms with Crippen molar-refractivity contribution in [3.05, 3.63) is 53.2 Å². The summed E-state index contributed by atoms with van der Waals surface area (Å²) in [5.41, 5.74) is 3.22. The first-order valence-electron chi connectivity index (χ1n) is 10.4. The van der Waals surface area contributed by atoms with E-state index in [9.17, 15) is 9.59 Å². The summed E-state index contributed by atoms with van der Waals surface area (Å²) in [6.07, 6.45) is 3.94. The third-order valence-corrected chi connectivity index (χ3v) is 5.47. The van der Waals surface area contributed by atoms with Crippen LogP contribution in [0.3, 0.4) is 0 Å². The van der Waals surface area contributed by atoms with Crippen LogP contribution in [0.2, 0.25) is 0 Å². The molecule has 7 nitrogen and oxygen atoms in total. The number of aryl methyl sites for hydroxylation is 1. The van der Waals surface area contributed by atoms with E-state index < -0.39 is 0 Å². The number of methoxy groups -OCH3 is 1. The van der Waals surface area contributed by atoms with Gasteiger partial charge < -0.3 is 15.0 Å². The van der Waals surface area contributed by atoms with Gasteiger partial charge >= 0.3 is 0 Å². The lowest BCUT2D eigenvalue weighted by Crippen LogP contribution is -2.42. The van der Waals surface area contributed by atoms with Gasteiger partial charge in [0, 0.05) is 38.6 Å². The van der Waals surface area contributed by atoms with Gasteiger partial charge in [-0.15, -0.1) is 0 Å². The summed E-state index contributed by atoms with van der Waals surface area (Å²) in [5.74, 6) is 0.411. The SMILES string of the molecule is COCCNC(=O)CN(C(=O)c1ccc(N2CCCC2)nc1)c1cccc(C)c1C. The molecule has 7 heteroatoms. The number of aromatic nitrogens is 1. The highest BCUT2D eigenvalue weighted by Crippen LogP contribution is 2.25. The second-order valence-corrected chi connectivity index (χ2v) is 7.55. The monoisotopic (exact) mass is 410 g/mol. The Hall–Kier alpha value is -2.93. The van der Waals surface area contributed by atoms with Gasteiger partial charge in [0.25, 0.3) is 5.91 Å². The second-order valence-electron chi connectivity index (χ2n) is 7.55. The zero-order valence-corrected chi connectivity index (χ0v) is 18.0. The van der Waals surface area contributed by atoms with Gasteiger partial charge in [-0.25, -0.2) is 4.98 Å². The zero-order chi connectivity index (χ0) is 21.5. The molecule has 0 atom stereocenters. The van der Waals surface area contributed by atoms with Gasteiger partial charge in [-0.1, -0.05) is 12.1 Å². The molecule has 1 N–H and O–H groups in total. The first kappa shape index (κ1) is 21.8. The molecule has 0 spiro atoms. The van der Waals surface area contributed by atoms with Crippen LogP contribution in [-0.4, -0.2) is 56.7 Å². The van der Waals surface area contributed by atoms with Gasteiger partial charge in [0.2, 0.25) is 5.91 Å². The number of amides is 2. The Labute approximate surface area is 178 Å². The third-order valence-electron chi connectivity index (χ3n) is 5.47. The number of benzene rings is 1. The number of nitrogens with one attached hydrogen (secondary N) is 1. The van der Waals surface area contributed by atoms with Crippen molar-refractivity contribution in [1.82, 2.24) is 10.3 Å². The normalized spacial score (nSPS) is 13.4. The maximum absolute atomic E-state index is 13.4. The van der Waals surface area contributed by atoms with Crippen LogP contribution in [0.1, 0.15) is 34.3 Å². The van der Waals surface area contributed by atoms with E-state index in [1.807, 2.05) is 38.1 Å². The van der Waals surface area contributed by atoms with Gasteiger partial charge in [-0.3, -0.25) is 14.5 Å². The second kappa shape index (κ2) is 10.2. The Morgan fingerprint density at radius 3 is 2.60 bits per heavy atom. The molecular formula is C23H30N4O3. The third kappa shape index (κ3) is 5.16. The fourth-order valence-corrected chi connectivity index (χ4v) is 3.59. The van der Waals surface area contributed by atoms with Gasteiger partial charge in [-0.2, -0.15) is 0 Å². The van der Waals surface area contributed by atoms with Crippen LogP contribution in [0, 0.1) is 13.8 Å².